The molecular weight excluding hydrogens is 339 g/mol. The van der Waals surface area contributed by atoms with Gasteiger partial charge in [-0.05, 0) is 30.3 Å². The number of hydrogen-bond acceptors (Lipinski definition) is 4. The van der Waals surface area contributed by atoms with Gasteiger partial charge >= 0.3 is 11.6 Å². The highest BCUT2D eigenvalue weighted by Crippen LogP contribution is 2.26. The van der Waals surface area contributed by atoms with Crippen LogP contribution in [0.4, 0.5) is 0 Å². The van der Waals surface area contributed by atoms with Crippen LogP contribution in [0.2, 0.25) is 10.0 Å². The van der Waals surface area contributed by atoms with Crippen molar-refractivity contribution in [1.82, 2.24) is 0 Å². The molecule has 2 aromatic carbocycles. The summed E-state index contributed by atoms with van der Waals surface area (Å²) < 4.78 is 10.3. The first kappa shape index (κ1) is 15.6. The van der Waals surface area contributed by atoms with Crippen molar-refractivity contribution in [3.05, 3.63) is 74.6 Å². The summed E-state index contributed by atoms with van der Waals surface area (Å²) in [6, 6.07) is 12.8. The van der Waals surface area contributed by atoms with E-state index in [1.54, 1.807) is 36.4 Å². The Labute approximate surface area is 141 Å². The second-order valence-electron chi connectivity index (χ2n) is 4.81. The van der Waals surface area contributed by atoms with Crippen LogP contribution in [-0.4, -0.2) is 5.97 Å². The number of carbonyl (C=O) groups excluding carboxylic acids is 1. The Morgan fingerprint density at radius 3 is 2.48 bits per heavy atom. The molecule has 23 heavy (non-hydrogen) atoms. The van der Waals surface area contributed by atoms with Gasteiger partial charge in [0.05, 0.1) is 6.42 Å². The molecule has 0 saturated carbocycles. The number of benzene rings is 2. The smallest absolute Gasteiger partial charge is 0.336 e. The number of rotatable bonds is 3. The summed E-state index contributed by atoms with van der Waals surface area (Å²) in [4.78, 5) is 23.3. The van der Waals surface area contributed by atoms with E-state index >= 15 is 0 Å². The maximum atomic E-state index is 12.1. The average Bonchev–Trinajstić information content (AvgIpc) is 2.50. The first-order valence-corrected chi connectivity index (χ1v) is 7.46. The van der Waals surface area contributed by atoms with Crippen molar-refractivity contribution in [2.75, 3.05) is 0 Å². The van der Waals surface area contributed by atoms with Gasteiger partial charge in [-0.3, -0.25) is 4.79 Å². The van der Waals surface area contributed by atoms with Crippen LogP contribution in [0.25, 0.3) is 11.0 Å². The fraction of sp³-hybridized carbons (Fsp3) is 0.0588. The molecule has 1 heterocycles. The molecule has 3 aromatic rings. The first-order chi connectivity index (χ1) is 11.0. The third kappa shape index (κ3) is 3.55. The Morgan fingerprint density at radius 1 is 1.04 bits per heavy atom. The number of hydrogen-bond donors (Lipinski definition) is 0. The van der Waals surface area contributed by atoms with Crippen molar-refractivity contribution in [1.29, 1.82) is 0 Å². The summed E-state index contributed by atoms with van der Waals surface area (Å²) in [6.45, 7) is 0. The van der Waals surface area contributed by atoms with E-state index in [0.717, 1.165) is 5.39 Å². The average molecular weight is 349 g/mol. The predicted octanol–water partition coefficient (Wildman–Crippen LogP) is 4.25. The van der Waals surface area contributed by atoms with E-state index in [2.05, 4.69) is 0 Å². The maximum absolute atomic E-state index is 12.1. The SMILES string of the molecule is O=C(Cc1c(Cl)cccc1Cl)Oc1ccc2ccc(=O)oc2c1. The van der Waals surface area contributed by atoms with Gasteiger partial charge in [-0.25, -0.2) is 4.79 Å². The summed E-state index contributed by atoms with van der Waals surface area (Å²) in [5, 5.41) is 1.54. The Hall–Kier alpha value is -2.30. The van der Waals surface area contributed by atoms with Gasteiger partial charge in [-0.1, -0.05) is 29.3 Å². The molecule has 0 atom stereocenters. The summed E-state index contributed by atoms with van der Waals surface area (Å²) in [5.74, 6) is -0.238. The summed E-state index contributed by atoms with van der Waals surface area (Å²) >= 11 is 12.1. The third-order valence-corrected chi connectivity index (χ3v) is 3.92. The van der Waals surface area contributed by atoms with E-state index in [1.165, 1.54) is 12.1 Å². The van der Waals surface area contributed by atoms with Crippen LogP contribution in [0.3, 0.4) is 0 Å². The molecule has 0 unspecified atom stereocenters. The van der Waals surface area contributed by atoms with Crippen molar-refractivity contribution < 1.29 is 13.9 Å². The van der Waals surface area contributed by atoms with E-state index in [-0.39, 0.29) is 12.2 Å². The lowest BCUT2D eigenvalue weighted by Gasteiger charge is -2.08. The molecule has 0 aliphatic rings. The van der Waals surface area contributed by atoms with E-state index in [4.69, 9.17) is 32.4 Å². The van der Waals surface area contributed by atoms with Crippen LogP contribution in [0.15, 0.2) is 57.7 Å². The highest BCUT2D eigenvalue weighted by Gasteiger charge is 2.13. The number of ether oxygens (including phenoxy) is 1. The molecular formula is C17H10Cl2O4. The van der Waals surface area contributed by atoms with Crippen molar-refractivity contribution in [2.24, 2.45) is 0 Å². The lowest BCUT2D eigenvalue weighted by Crippen LogP contribution is -2.12. The second-order valence-corrected chi connectivity index (χ2v) is 5.62. The van der Waals surface area contributed by atoms with Crippen LogP contribution in [0.1, 0.15) is 5.56 Å². The lowest BCUT2D eigenvalue weighted by molar-refractivity contribution is -0.133. The first-order valence-electron chi connectivity index (χ1n) is 6.70. The molecule has 1 aromatic heterocycles. The molecule has 116 valence electrons. The predicted molar refractivity (Wildman–Crippen MR) is 88.3 cm³/mol. The molecule has 4 nitrogen and oxygen atoms in total. The Balaban J connectivity index is 1.81. The maximum Gasteiger partial charge on any atom is 0.336 e. The minimum atomic E-state index is -0.516. The molecule has 0 radical (unpaired) electrons. The van der Waals surface area contributed by atoms with E-state index < -0.39 is 11.6 Å². The summed E-state index contributed by atoms with van der Waals surface area (Å²) in [7, 11) is 0. The largest absolute Gasteiger partial charge is 0.426 e. The number of fused-ring (bicyclic) bond motifs is 1. The summed E-state index contributed by atoms with van der Waals surface area (Å²) in [6.07, 6.45) is -0.0602. The standard InChI is InChI=1S/C17H10Cl2O4/c18-13-2-1-3-14(19)12(13)9-17(21)22-11-6-4-10-5-7-16(20)23-15(10)8-11/h1-8H,9H2. The van der Waals surface area contributed by atoms with Crippen LogP contribution in [0, 0.1) is 0 Å². The zero-order chi connectivity index (χ0) is 16.4. The van der Waals surface area contributed by atoms with Crippen LogP contribution < -0.4 is 10.4 Å². The number of esters is 1. The molecule has 0 saturated heterocycles. The highest BCUT2D eigenvalue weighted by molar-refractivity contribution is 6.36. The zero-order valence-corrected chi connectivity index (χ0v) is 13.2. The molecule has 6 heteroatoms. The zero-order valence-electron chi connectivity index (χ0n) is 11.7. The van der Waals surface area contributed by atoms with Crippen LogP contribution in [0.5, 0.6) is 5.75 Å². The summed E-state index contributed by atoms with van der Waals surface area (Å²) in [5.41, 5.74) is 0.385. The second kappa shape index (κ2) is 6.44. The minimum absolute atomic E-state index is 0.0602. The lowest BCUT2D eigenvalue weighted by atomic mass is 10.1. The van der Waals surface area contributed by atoms with E-state index in [0.29, 0.717) is 21.2 Å². The van der Waals surface area contributed by atoms with Gasteiger partial charge in [-0.2, -0.15) is 0 Å². The highest BCUT2D eigenvalue weighted by atomic mass is 35.5. The molecule has 0 bridgehead atoms. The van der Waals surface area contributed by atoms with Gasteiger partial charge in [-0.15, -0.1) is 0 Å². The fourth-order valence-corrected chi connectivity index (χ4v) is 2.65. The topological polar surface area (TPSA) is 56.5 Å². The molecule has 0 aliphatic heterocycles. The van der Waals surface area contributed by atoms with Gasteiger partial charge in [0, 0.05) is 33.1 Å². The normalized spacial score (nSPS) is 10.7. The van der Waals surface area contributed by atoms with Gasteiger partial charge < -0.3 is 9.15 Å². The quantitative estimate of drug-likeness (QED) is 0.403. The van der Waals surface area contributed by atoms with Crippen LogP contribution in [-0.2, 0) is 11.2 Å². The van der Waals surface area contributed by atoms with E-state index in [1.807, 2.05) is 0 Å². The van der Waals surface area contributed by atoms with E-state index in [9.17, 15) is 9.59 Å². The van der Waals surface area contributed by atoms with Crippen molar-refractivity contribution in [3.8, 4) is 5.75 Å². The number of halogens is 2. The molecule has 0 N–H and O–H groups in total. The van der Waals surface area contributed by atoms with Crippen molar-refractivity contribution in [2.45, 2.75) is 6.42 Å². The van der Waals surface area contributed by atoms with Gasteiger partial charge in [0.1, 0.15) is 11.3 Å². The molecule has 0 fully saturated rings. The monoisotopic (exact) mass is 348 g/mol. The molecule has 0 spiro atoms. The molecule has 0 amide bonds. The minimum Gasteiger partial charge on any atom is -0.426 e. The van der Waals surface area contributed by atoms with Crippen molar-refractivity contribution in [3.63, 3.8) is 0 Å². The van der Waals surface area contributed by atoms with Gasteiger partial charge in [0.2, 0.25) is 0 Å². The number of carbonyl (C=O) groups is 1. The third-order valence-electron chi connectivity index (χ3n) is 3.21. The molecule has 0 aliphatic carbocycles. The molecule has 3 rings (SSSR count). The van der Waals surface area contributed by atoms with Gasteiger partial charge in [0.25, 0.3) is 0 Å². The van der Waals surface area contributed by atoms with Gasteiger partial charge in [0.15, 0.2) is 0 Å². The van der Waals surface area contributed by atoms with Crippen LogP contribution >= 0.6 is 23.2 Å². The Kier molecular flexibility index (Phi) is 4.37. The Morgan fingerprint density at radius 2 is 1.74 bits per heavy atom. The fourth-order valence-electron chi connectivity index (χ4n) is 2.12. The Bertz CT molecular complexity index is 926. The van der Waals surface area contributed by atoms with Crippen molar-refractivity contribution >= 4 is 40.1 Å².